The van der Waals surface area contributed by atoms with Gasteiger partial charge in [-0.3, -0.25) is 4.79 Å². The zero-order valence-electron chi connectivity index (χ0n) is 10.3. The van der Waals surface area contributed by atoms with Crippen LogP contribution in [0.2, 0.25) is 0 Å². The predicted octanol–water partition coefficient (Wildman–Crippen LogP) is 2.24. The number of hydrogen-bond acceptors (Lipinski definition) is 4. The summed E-state index contributed by atoms with van der Waals surface area (Å²) in [4.78, 5) is 12.0. The van der Waals surface area contributed by atoms with Gasteiger partial charge in [-0.2, -0.15) is 0 Å². The first-order chi connectivity index (χ1) is 8.99. The van der Waals surface area contributed by atoms with Gasteiger partial charge in [0.05, 0.1) is 11.4 Å². The average Bonchev–Trinajstić information content (AvgIpc) is 2.33. The van der Waals surface area contributed by atoms with E-state index in [1.807, 2.05) is 13.0 Å². The SMILES string of the molecule is Cc1ccc(N)c(NC(=O)c2c(O)cccc2O)c1. The quantitative estimate of drug-likeness (QED) is 0.621. The minimum absolute atomic E-state index is 0.177. The lowest BCUT2D eigenvalue weighted by Gasteiger charge is -2.11. The Morgan fingerprint density at radius 1 is 1.16 bits per heavy atom. The zero-order valence-corrected chi connectivity index (χ0v) is 10.3. The molecule has 0 atom stereocenters. The van der Waals surface area contributed by atoms with Crippen LogP contribution in [-0.2, 0) is 0 Å². The Balaban J connectivity index is 2.34. The van der Waals surface area contributed by atoms with E-state index in [1.54, 1.807) is 12.1 Å². The van der Waals surface area contributed by atoms with E-state index in [-0.39, 0.29) is 17.1 Å². The van der Waals surface area contributed by atoms with E-state index in [9.17, 15) is 15.0 Å². The van der Waals surface area contributed by atoms with Crippen molar-refractivity contribution in [2.75, 3.05) is 11.1 Å². The summed E-state index contributed by atoms with van der Waals surface area (Å²) in [6.07, 6.45) is 0. The van der Waals surface area contributed by atoms with Crippen molar-refractivity contribution in [3.8, 4) is 11.5 Å². The number of nitrogens with two attached hydrogens (primary N) is 1. The molecule has 2 aromatic carbocycles. The summed E-state index contributed by atoms with van der Waals surface area (Å²) in [6.45, 7) is 1.87. The van der Waals surface area contributed by atoms with Crippen molar-refractivity contribution in [1.29, 1.82) is 0 Å². The summed E-state index contributed by atoms with van der Waals surface area (Å²) >= 11 is 0. The molecule has 0 unspecified atom stereocenters. The maximum absolute atomic E-state index is 12.0. The van der Waals surface area contributed by atoms with Gasteiger partial charge in [0.1, 0.15) is 17.1 Å². The number of benzene rings is 2. The highest BCUT2D eigenvalue weighted by Crippen LogP contribution is 2.28. The number of phenols is 2. The van der Waals surface area contributed by atoms with Gasteiger partial charge in [-0.25, -0.2) is 0 Å². The van der Waals surface area contributed by atoms with Crippen LogP contribution in [-0.4, -0.2) is 16.1 Å². The summed E-state index contributed by atoms with van der Waals surface area (Å²) < 4.78 is 0. The van der Waals surface area contributed by atoms with Gasteiger partial charge in [0.15, 0.2) is 0 Å². The monoisotopic (exact) mass is 258 g/mol. The highest BCUT2D eigenvalue weighted by molar-refractivity contribution is 6.09. The molecular formula is C14H14N2O3. The smallest absolute Gasteiger partial charge is 0.263 e. The van der Waals surface area contributed by atoms with Crippen molar-refractivity contribution in [3.63, 3.8) is 0 Å². The Hall–Kier alpha value is -2.69. The van der Waals surface area contributed by atoms with E-state index in [0.717, 1.165) is 5.56 Å². The van der Waals surface area contributed by atoms with E-state index in [2.05, 4.69) is 5.32 Å². The third-order valence-electron chi connectivity index (χ3n) is 2.70. The number of aromatic hydroxyl groups is 2. The van der Waals surface area contributed by atoms with Crippen molar-refractivity contribution >= 4 is 17.3 Å². The number of carbonyl (C=O) groups is 1. The first kappa shape index (κ1) is 12.8. The molecule has 0 fully saturated rings. The minimum Gasteiger partial charge on any atom is -0.507 e. The predicted molar refractivity (Wildman–Crippen MR) is 73.3 cm³/mol. The minimum atomic E-state index is -0.618. The lowest BCUT2D eigenvalue weighted by Crippen LogP contribution is -2.13. The molecule has 0 radical (unpaired) electrons. The van der Waals surface area contributed by atoms with E-state index in [4.69, 9.17) is 5.73 Å². The number of amides is 1. The van der Waals surface area contributed by atoms with Crippen molar-refractivity contribution in [2.24, 2.45) is 0 Å². The largest absolute Gasteiger partial charge is 0.507 e. The Bertz CT molecular complexity index is 618. The van der Waals surface area contributed by atoms with Crippen LogP contribution in [0.5, 0.6) is 11.5 Å². The number of nitrogens with one attached hydrogen (secondary N) is 1. The van der Waals surface area contributed by atoms with Crippen molar-refractivity contribution in [1.82, 2.24) is 0 Å². The van der Waals surface area contributed by atoms with Crippen LogP contribution in [0.1, 0.15) is 15.9 Å². The molecule has 5 nitrogen and oxygen atoms in total. The normalized spacial score (nSPS) is 10.2. The molecule has 0 aliphatic rings. The maximum atomic E-state index is 12.0. The van der Waals surface area contributed by atoms with Crippen LogP contribution in [0.4, 0.5) is 11.4 Å². The lowest BCUT2D eigenvalue weighted by molar-refractivity contribution is 0.102. The van der Waals surface area contributed by atoms with E-state index in [1.165, 1.54) is 18.2 Å². The van der Waals surface area contributed by atoms with Gasteiger partial charge in [0, 0.05) is 0 Å². The average molecular weight is 258 g/mol. The second-order valence-electron chi connectivity index (χ2n) is 4.22. The molecule has 0 bridgehead atoms. The molecule has 0 saturated heterocycles. The number of aryl methyl sites for hydroxylation is 1. The molecule has 0 spiro atoms. The van der Waals surface area contributed by atoms with Gasteiger partial charge in [0.2, 0.25) is 0 Å². The summed E-state index contributed by atoms with van der Waals surface area (Å²) in [5.74, 6) is -1.19. The molecule has 0 heterocycles. The van der Waals surface area contributed by atoms with Crippen LogP contribution in [0, 0.1) is 6.92 Å². The molecule has 0 saturated carbocycles. The summed E-state index contributed by atoms with van der Waals surface area (Å²) in [7, 11) is 0. The maximum Gasteiger partial charge on any atom is 0.263 e. The van der Waals surface area contributed by atoms with Gasteiger partial charge in [-0.1, -0.05) is 12.1 Å². The summed E-state index contributed by atoms with van der Waals surface area (Å²) in [5.41, 5.74) is 7.36. The molecule has 98 valence electrons. The zero-order chi connectivity index (χ0) is 14.0. The standard InChI is InChI=1S/C14H14N2O3/c1-8-5-6-9(15)10(7-8)16-14(19)13-11(17)3-2-4-12(13)18/h2-7,17-18H,15H2,1H3,(H,16,19). The fraction of sp³-hybridized carbons (Fsp3) is 0.0714. The number of rotatable bonds is 2. The molecule has 2 rings (SSSR count). The molecule has 2 aromatic rings. The van der Waals surface area contributed by atoms with Crippen molar-refractivity contribution in [2.45, 2.75) is 6.92 Å². The third-order valence-corrected chi connectivity index (χ3v) is 2.70. The van der Waals surface area contributed by atoms with Gasteiger partial charge in [-0.05, 0) is 36.8 Å². The summed E-state index contributed by atoms with van der Waals surface area (Å²) in [5, 5.41) is 21.8. The first-order valence-corrected chi connectivity index (χ1v) is 5.67. The molecule has 0 aromatic heterocycles. The highest BCUT2D eigenvalue weighted by atomic mass is 16.3. The molecule has 19 heavy (non-hydrogen) atoms. The summed E-state index contributed by atoms with van der Waals surface area (Å²) in [6, 6.07) is 9.31. The number of nitrogen functional groups attached to an aromatic ring is 1. The van der Waals surface area contributed by atoms with E-state index >= 15 is 0 Å². The number of hydrogen-bond donors (Lipinski definition) is 4. The van der Waals surface area contributed by atoms with Crippen molar-refractivity contribution in [3.05, 3.63) is 47.5 Å². The lowest BCUT2D eigenvalue weighted by atomic mass is 10.1. The Kier molecular flexibility index (Phi) is 3.29. The Morgan fingerprint density at radius 3 is 2.42 bits per heavy atom. The van der Waals surface area contributed by atoms with Crippen LogP contribution in [0.25, 0.3) is 0 Å². The second kappa shape index (κ2) is 4.89. The van der Waals surface area contributed by atoms with E-state index < -0.39 is 5.91 Å². The molecule has 1 amide bonds. The van der Waals surface area contributed by atoms with Crippen LogP contribution < -0.4 is 11.1 Å². The Labute approximate surface area is 110 Å². The van der Waals surface area contributed by atoms with Crippen molar-refractivity contribution < 1.29 is 15.0 Å². The fourth-order valence-corrected chi connectivity index (χ4v) is 1.72. The first-order valence-electron chi connectivity index (χ1n) is 5.67. The van der Waals surface area contributed by atoms with Gasteiger partial charge >= 0.3 is 0 Å². The molecule has 5 heteroatoms. The number of carbonyl (C=O) groups excluding carboxylic acids is 1. The molecule has 0 aliphatic carbocycles. The van der Waals surface area contributed by atoms with Gasteiger partial charge in [0.25, 0.3) is 5.91 Å². The highest BCUT2D eigenvalue weighted by Gasteiger charge is 2.16. The van der Waals surface area contributed by atoms with Gasteiger partial charge in [-0.15, -0.1) is 0 Å². The molecular weight excluding hydrogens is 244 g/mol. The Morgan fingerprint density at radius 2 is 1.79 bits per heavy atom. The van der Waals surface area contributed by atoms with Gasteiger partial charge < -0.3 is 21.3 Å². The fourth-order valence-electron chi connectivity index (χ4n) is 1.72. The topological polar surface area (TPSA) is 95.6 Å². The second-order valence-corrected chi connectivity index (χ2v) is 4.22. The van der Waals surface area contributed by atoms with Crippen LogP contribution in [0.15, 0.2) is 36.4 Å². The number of anilines is 2. The van der Waals surface area contributed by atoms with E-state index in [0.29, 0.717) is 11.4 Å². The third kappa shape index (κ3) is 2.60. The van der Waals surface area contributed by atoms with Crippen LogP contribution >= 0.6 is 0 Å². The molecule has 0 aliphatic heterocycles. The van der Waals surface area contributed by atoms with Crippen LogP contribution in [0.3, 0.4) is 0 Å². The molecule has 5 N–H and O–H groups in total. The number of phenolic OH excluding ortho intramolecular Hbond substituents is 2.